The second kappa shape index (κ2) is 7.97. The van der Waals surface area contributed by atoms with E-state index in [1.165, 1.54) is 18.7 Å². The van der Waals surface area contributed by atoms with Crippen molar-refractivity contribution in [2.45, 2.75) is 13.0 Å². The van der Waals surface area contributed by atoms with E-state index in [9.17, 15) is 4.79 Å². The molecule has 0 spiro atoms. The van der Waals surface area contributed by atoms with Crippen LogP contribution in [0.2, 0.25) is 0 Å². The first-order valence-corrected chi connectivity index (χ1v) is 9.39. The summed E-state index contributed by atoms with van der Waals surface area (Å²) in [7, 11) is 0. The molecule has 148 valence electrons. The molecule has 1 aliphatic heterocycles. The minimum atomic E-state index is -0.556. The van der Waals surface area contributed by atoms with E-state index in [1.54, 1.807) is 35.2 Å². The lowest BCUT2D eigenvalue weighted by Gasteiger charge is -2.33. The van der Waals surface area contributed by atoms with Crippen LogP contribution in [-0.2, 0) is 4.74 Å². The standard InChI is InChI=1S/C22H21FN4O2/c1-14-12-29-9-8-27(14)22(28)19-5-3-2-4-17(19)18-7-6-16(20(23)21(18)24)15-10-25-13-26-11-15/h2-7,10-11,13-14H,8-9,12,24H2,1H3/t14-/m0/s1. The third kappa shape index (κ3) is 3.56. The van der Waals surface area contributed by atoms with E-state index in [4.69, 9.17) is 10.5 Å². The van der Waals surface area contributed by atoms with E-state index in [0.717, 1.165) is 0 Å². The van der Waals surface area contributed by atoms with Crippen LogP contribution in [0.1, 0.15) is 17.3 Å². The second-order valence-electron chi connectivity index (χ2n) is 6.98. The quantitative estimate of drug-likeness (QED) is 0.691. The highest BCUT2D eigenvalue weighted by Gasteiger charge is 2.27. The number of nitrogens with two attached hydrogens (primary N) is 1. The lowest BCUT2D eigenvalue weighted by atomic mass is 9.94. The number of amides is 1. The zero-order valence-corrected chi connectivity index (χ0v) is 16.0. The molecule has 3 aromatic rings. The summed E-state index contributed by atoms with van der Waals surface area (Å²) >= 11 is 0. The first-order chi connectivity index (χ1) is 14.1. The molecule has 1 aromatic heterocycles. The van der Waals surface area contributed by atoms with E-state index in [-0.39, 0.29) is 17.6 Å². The lowest BCUT2D eigenvalue weighted by molar-refractivity contribution is 0.00364. The van der Waals surface area contributed by atoms with Crippen LogP contribution in [0.15, 0.2) is 55.1 Å². The molecule has 1 aliphatic rings. The smallest absolute Gasteiger partial charge is 0.254 e. The van der Waals surface area contributed by atoms with Crippen molar-refractivity contribution >= 4 is 11.6 Å². The largest absolute Gasteiger partial charge is 0.396 e. The van der Waals surface area contributed by atoms with Gasteiger partial charge in [0.05, 0.1) is 24.9 Å². The van der Waals surface area contributed by atoms with Gasteiger partial charge in [0.1, 0.15) is 6.33 Å². The van der Waals surface area contributed by atoms with Gasteiger partial charge in [0, 0.05) is 41.2 Å². The summed E-state index contributed by atoms with van der Waals surface area (Å²) in [5, 5.41) is 0. The Bertz CT molecular complexity index is 1040. The number of hydrogen-bond acceptors (Lipinski definition) is 5. The van der Waals surface area contributed by atoms with Crippen LogP contribution in [0, 0.1) is 5.82 Å². The van der Waals surface area contributed by atoms with Crippen LogP contribution in [-0.4, -0.2) is 46.6 Å². The van der Waals surface area contributed by atoms with Gasteiger partial charge < -0.3 is 15.4 Å². The minimum Gasteiger partial charge on any atom is -0.396 e. The number of nitrogens with zero attached hydrogens (tertiary/aromatic N) is 3. The number of carbonyl (C=O) groups is 1. The molecule has 7 heteroatoms. The van der Waals surface area contributed by atoms with Crippen LogP contribution < -0.4 is 5.73 Å². The molecule has 0 aliphatic carbocycles. The Morgan fingerprint density at radius 3 is 2.62 bits per heavy atom. The van der Waals surface area contributed by atoms with E-state index in [2.05, 4.69) is 9.97 Å². The van der Waals surface area contributed by atoms with Gasteiger partial charge in [-0.25, -0.2) is 14.4 Å². The number of ether oxygens (including phenoxy) is 1. The number of hydrogen-bond donors (Lipinski definition) is 1. The topological polar surface area (TPSA) is 81.3 Å². The minimum absolute atomic E-state index is 0.0124. The highest BCUT2D eigenvalue weighted by molar-refractivity contribution is 6.02. The first kappa shape index (κ1) is 19.0. The second-order valence-corrected chi connectivity index (χ2v) is 6.98. The molecule has 6 nitrogen and oxygen atoms in total. The summed E-state index contributed by atoms with van der Waals surface area (Å²) in [5.41, 5.74) is 8.58. The number of morpholine rings is 1. The fourth-order valence-electron chi connectivity index (χ4n) is 3.58. The average Bonchev–Trinajstić information content (AvgIpc) is 2.76. The van der Waals surface area contributed by atoms with Crippen molar-refractivity contribution in [3.63, 3.8) is 0 Å². The molecule has 29 heavy (non-hydrogen) atoms. The Labute approximate surface area is 168 Å². The fourth-order valence-corrected chi connectivity index (χ4v) is 3.58. The predicted molar refractivity (Wildman–Crippen MR) is 109 cm³/mol. The Kier molecular flexibility index (Phi) is 5.22. The molecule has 0 radical (unpaired) electrons. The number of nitrogen functional groups attached to an aromatic ring is 1. The van der Waals surface area contributed by atoms with Crippen LogP contribution in [0.3, 0.4) is 0 Å². The van der Waals surface area contributed by atoms with Gasteiger partial charge in [-0.2, -0.15) is 0 Å². The molecule has 1 fully saturated rings. The zero-order valence-electron chi connectivity index (χ0n) is 16.0. The average molecular weight is 392 g/mol. The number of aromatic nitrogens is 2. The van der Waals surface area contributed by atoms with Gasteiger partial charge in [-0.1, -0.05) is 30.3 Å². The van der Waals surface area contributed by atoms with Gasteiger partial charge in [0.2, 0.25) is 0 Å². The van der Waals surface area contributed by atoms with Gasteiger partial charge in [0.15, 0.2) is 5.82 Å². The highest BCUT2D eigenvalue weighted by atomic mass is 19.1. The van der Waals surface area contributed by atoms with Crippen LogP contribution in [0.4, 0.5) is 10.1 Å². The van der Waals surface area contributed by atoms with E-state index >= 15 is 4.39 Å². The van der Waals surface area contributed by atoms with Crippen molar-refractivity contribution in [1.82, 2.24) is 14.9 Å². The van der Waals surface area contributed by atoms with E-state index in [0.29, 0.717) is 47.6 Å². The maximum absolute atomic E-state index is 15.1. The monoisotopic (exact) mass is 392 g/mol. The maximum atomic E-state index is 15.1. The van der Waals surface area contributed by atoms with Crippen molar-refractivity contribution in [1.29, 1.82) is 0 Å². The normalized spacial score (nSPS) is 16.6. The Morgan fingerprint density at radius 1 is 1.14 bits per heavy atom. The predicted octanol–water partition coefficient (Wildman–Crippen LogP) is 3.39. The number of halogens is 1. The van der Waals surface area contributed by atoms with Crippen LogP contribution in [0.25, 0.3) is 22.3 Å². The van der Waals surface area contributed by atoms with Gasteiger partial charge in [-0.3, -0.25) is 4.79 Å². The molecule has 4 rings (SSSR count). The van der Waals surface area contributed by atoms with E-state index < -0.39 is 5.82 Å². The summed E-state index contributed by atoms with van der Waals surface area (Å²) in [6.45, 7) is 3.47. The summed E-state index contributed by atoms with van der Waals surface area (Å²) < 4.78 is 20.5. The number of benzene rings is 2. The summed E-state index contributed by atoms with van der Waals surface area (Å²) in [6.07, 6.45) is 4.44. The summed E-state index contributed by atoms with van der Waals surface area (Å²) in [5.74, 6) is -0.670. The Morgan fingerprint density at radius 2 is 1.86 bits per heavy atom. The van der Waals surface area contributed by atoms with Crippen LogP contribution >= 0.6 is 0 Å². The molecular weight excluding hydrogens is 371 g/mol. The van der Waals surface area contributed by atoms with Gasteiger partial charge in [0.25, 0.3) is 5.91 Å². The van der Waals surface area contributed by atoms with Gasteiger partial charge in [-0.15, -0.1) is 0 Å². The Hall–Kier alpha value is -3.32. The molecule has 0 unspecified atom stereocenters. The SMILES string of the molecule is C[C@H]1COCCN1C(=O)c1ccccc1-c1ccc(-c2cncnc2)c(F)c1N. The van der Waals surface area contributed by atoms with Crippen molar-refractivity contribution in [2.24, 2.45) is 0 Å². The first-order valence-electron chi connectivity index (χ1n) is 9.39. The molecule has 1 atom stereocenters. The molecule has 1 saturated heterocycles. The summed E-state index contributed by atoms with van der Waals surface area (Å²) in [6, 6.07) is 10.5. The van der Waals surface area contributed by atoms with E-state index in [1.807, 2.05) is 13.0 Å². The number of carbonyl (C=O) groups excluding carboxylic acids is 1. The van der Waals surface area contributed by atoms with Gasteiger partial charge >= 0.3 is 0 Å². The summed E-state index contributed by atoms with van der Waals surface area (Å²) in [4.78, 5) is 22.8. The van der Waals surface area contributed by atoms with Crippen molar-refractivity contribution < 1.29 is 13.9 Å². The van der Waals surface area contributed by atoms with Gasteiger partial charge in [-0.05, 0) is 18.6 Å². The molecule has 0 saturated carbocycles. The number of anilines is 1. The lowest BCUT2D eigenvalue weighted by Crippen LogP contribution is -2.47. The fraction of sp³-hybridized carbons (Fsp3) is 0.227. The number of rotatable bonds is 3. The molecule has 0 bridgehead atoms. The highest BCUT2D eigenvalue weighted by Crippen LogP contribution is 2.36. The third-order valence-electron chi connectivity index (χ3n) is 5.13. The third-order valence-corrected chi connectivity index (χ3v) is 5.13. The Balaban J connectivity index is 1.76. The van der Waals surface area contributed by atoms with Crippen LogP contribution in [0.5, 0.6) is 0 Å². The van der Waals surface area contributed by atoms with Crippen molar-refractivity contribution in [3.05, 3.63) is 66.5 Å². The molecular formula is C22H21FN4O2. The molecule has 1 amide bonds. The van der Waals surface area contributed by atoms with Crippen molar-refractivity contribution in [3.8, 4) is 22.3 Å². The molecule has 2 aromatic carbocycles. The zero-order chi connectivity index (χ0) is 20.4. The maximum Gasteiger partial charge on any atom is 0.254 e. The van der Waals surface area contributed by atoms with Crippen molar-refractivity contribution in [2.75, 3.05) is 25.5 Å². The molecule has 2 N–H and O–H groups in total. The molecule has 2 heterocycles.